The smallest absolute Gasteiger partial charge is 0.251 e. The van der Waals surface area contributed by atoms with Crippen molar-refractivity contribution in [2.24, 2.45) is 0 Å². The summed E-state index contributed by atoms with van der Waals surface area (Å²) >= 11 is 1.59. The lowest BCUT2D eigenvalue weighted by Crippen LogP contribution is -2.30. The molecule has 0 saturated heterocycles. The van der Waals surface area contributed by atoms with Gasteiger partial charge < -0.3 is 15.0 Å². The first-order chi connectivity index (χ1) is 12.1. The largest absolute Gasteiger partial charge is 0.378 e. The molecule has 0 saturated carbocycles. The molecule has 0 aliphatic carbocycles. The van der Waals surface area contributed by atoms with Crippen LogP contribution in [0, 0.1) is 6.92 Å². The standard InChI is InChI=1S/C19H27N3O2S/c1-4-22(5-2)10-12-24-11-9-20-18(23)16-7-6-8-17(13-16)19-21-15(3)14-25-19/h6-8,13-14H,4-5,9-12H2,1-3H3,(H,20,23). The lowest BCUT2D eigenvalue weighted by molar-refractivity contribution is 0.0884. The molecule has 1 amide bonds. The normalized spacial score (nSPS) is 11.0. The number of aromatic nitrogens is 1. The van der Waals surface area contributed by atoms with Crippen LogP contribution in [0.25, 0.3) is 10.6 Å². The topological polar surface area (TPSA) is 54.5 Å². The lowest BCUT2D eigenvalue weighted by atomic mass is 10.1. The average Bonchev–Trinajstić information content (AvgIpc) is 3.07. The Morgan fingerprint density at radius 2 is 2.08 bits per heavy atom. The summed E-state index contributed by atoms with van der Waals surface area (Å²) in [6.07, 6.45) is 0. The molecule has 1 heterocycles. The average molecular weight is 362 g/mol. The molecular weight excluding hydrogens is 334 g/mol. The zero-order valence-corrected chi connectivity index (χ0v) is 16.1. The number of benzene rings is 1. The Morgan fingerprint density at radius 1 is 1.28 bits per heavy atom. The van der Waals surface area contributed by atoms with Crippen molar-refractivity contribution in [3.8, 4) is 10.6 Å². The van der Waals surface area contributed by atoms with Crippen molar-refractivity contribution in [2.45, 2.75) is 20.8 Å². The van der Waals surface area contributed by atoms with Crippen molar-refractivity contribution in [2.75, 3.05) is 39.4 Å². The third-order valence-corrected chi connectivity index (χ3v) is 4.98. The molecule has 1 N–H and O–H groups in total. The second-order valence-corrected chi connectivity index (χ2v) is 6.63. The Morgan fingerprint density at radius 3 is 2.76 bits per heavy atom. The second kappa shape index (κ2) is 10.3. The molecule has 1 aromatic carbocycles. The number of carbonyl (C=O) groups is 1. The fourth-order valence-electron chi connectivity index (χ4n) is 2.45. The summed E-state index contributed by atoms with van der Waals surface area (Å²) in [7, 11) is 0. The first-order valence-electron chi connectivity index (χ1n) is 8.75. The predicted molar refractivity (Wildman–Crippen MR) is 103 cm³/mol. The maximum atomic E-state index is 12.3. The van der Waals surface area contributed by atoms with Gasteiger partial charge in [0.1, 0.15) is 5.01 Å². The summed E-state index contributed by atoms with van der Waals surface area (Å²) in [6.45, 7) is 11.0. The molecule has 5 nitrogen and oxygen atoms in total. The third kappa shape index (κ3) is 6.23. The van der Waals surface area contributed by atoms with Crippen molar-refractivity contribution in [1.29, 1.82) is 0 Å². The summed E-state index contributed by atoms with van der Waals surface area (Å²) in [5.74, 6) is -0.0810. The SMILES string of the molecule is CCN(CC)CCOCCNC(=O)c1cccc(-c2nc(C)cs2)c1. The van der Waals surface area contributed by atoms with Gasteiger partial charge in [-0.2, -0.15) is 0 Å². The highest BCUT2D eigenvalue weighted by Crippen LogP contribution is 2.24. The van der Waals surface area contributed by atoms with Crippen molar-refractivity contribution < 1.29 is 9.53 Å². The van der Waals surface area contributed by atoms with Gasteiger partial charge in [-0.1, -0.05) is 26.0 Å². The molecule has 6 heteroatoms. The highest BCUT2D eigenvalue weighted by atomic mass is 32.1. The van der Waals surface area contributed by atoms with Crippen molar-refractivity contribution in [1.82, 2.24) is 15.2 Å². The Bertz CT molecular complexity index is 668. The van der Waals surface area contributed by atoms with Gasteiger partial charge in [0.25, 0.3) is 5.91 Å². The Kier molecular flexibility index (Phi) is 8.04. The van der Waals surface area contributed by atoms with Gasteiger partial charge in [-0.3, -0.25) is 4.79 Å². The number of hydrogen-bond acceptors (Lipinski definition) is 5. The lowest BCUT2D eigenvalue weighted by Gasteiger charge is -2.17. The number of ether oxygens (including phenoxy) is 1. The highest BCUT2D eigenvalue weighted by Gasteiger charge is 2.08. The van der Waals surface area contributed by atoms with Gasteiger partial charge in [0.05, 0.1) is 13.2 Å². The number of thiazole rings is 1. The van der Waals surface area contributed by atoms with Crippen molar-refractivity contribution >= 4 is 17.2 Å². The maximum absolute atomic E-state index is 12.3. The second-order valence-electron chi connectivity index (χ2n) is 5.77. The molecule has 2 aromatic rings. The zero-order valence-electron chi connectivity index (χ0n) is 15.2. The van der Waals surface area contributed by atoms with E-state index in [9.17, 15) is 4.79 Å². The number of likely N-dealkylation sites (N-methyl/N-ethyl adjacent to an activating group) is 1. The Balaban J connectivity index is 1.76. The molecule has 1 aromatic heterocycles. The van der Waals surface area contributed by atoms with Gasteiger partial charge in [-0.25, -0.2) is 4.98 Å². The Hall–Kier alpha value is -1.76. The number of nitrogens with one attached hydrogen (secondary N) is 1. The molecular formula is C19H27N3O2S. The van der Waals surface area contributed by atoms with Crippen molar-refractivity contribution in [3.05, 3.63) is 40.9 Å². The van der Waals surface area contributed by atoms with E-state index >= 15 is 0 Å². The molecule has 2 rings (SSSR count). The fraction of sp³-hybridized carbons (Fsp3) is 0.474. The molecule has 0 aliphatic rings. The fourth-order valence-corrected chi connectivity index (χ4v) is 3.25. The van der Waals surface area contributed by atoms with E-state index in [0.717, 1.165) is 35.9 Å². The number of nitrogens with zero attached hydrogens (tertiary/aromatic N) is 2. The zero-order chi connectivity index (χ0) is 18.1. The monoisotopic (exact) mass is 361 g/mol. The van der Waals surface area contributed by atoms with Crippen LogP contribution in [0.15, 0.2) is 29.6 Å². The molecule has 0 spiro atoms. The van der Waals surface area contributed by atoms with Crippen LogP contribution in [0.3, 0.4) is 0 Å². The quantitative estimate of drug-likeness (QED) is 0.660. The van der Waals surface area contributed by atoms with E-state index in [-0.39, 0.29) is 5.91 Å². The van der Waals surface area contributed by atoms with E-state index in [1.807, 2.05) is 36.6 Å². The molecule has 25 heavy (non-hydrogen) atoms. The van der Waals surface area contributed by atoms with E-state index in [4.69, 9.17) is 4.74 Å². The van der Waals surface area contributed by atoms with Gasteiger partial charge in [-0.15, -0.1) is 11.3 Å². The molecule has 0 fully saturated rings. The van der Waals surface area contributed by atoms with Crippen LogP contribution in [-0.2, 0) is 4.74 Å². The van der Waals surface area contributed by atoms with Gasteiger partial charge in [0, 0.05) is 35.3 Å². The van der Waals surface area contributed by atoms with Crippen molar-refractivity contribution in [3.63, 3.8) is 0 Å². The third-order valence-electron chi connectivity index (χ3n) is 3.97. The maximum Gasteiger partial charge on any atom is 0.251 e. The van der Waals surface area contributed by atoms with Crippen LogP contribution >= 0.6 is 11.3 Å². The van der Waals surface area contributed by atoms with E-state index in [1.54, 1.807) is 11.3 Å². The van der Waals surface area contributed by atoms with E-state index in [0.29, 0.717) is 25.3 Å². The minimum atomic E-state index is -0.0810. The number of amides is 1. The van der Waals surface area contributed by atoms with E-state index in [2.05, 4.69) is 29.0 Å². The first-order valence-corrected chi connectivity index (χ1v) is 9.62. The number of aryl methyl sites for hydroxylation is 1. The van der Waals surface area contributed by atoms with Gasteiger partial charge in [-0.05, 0) is 32.1 Å². The summed E-state index contributed by atoms with van der Waals surface area (Å²) in [5.41, 5.74) is 2.62. The molecule has 0 radical (unpaired) electrons. The highest BCUT2D eigenvalue weighted by molar-refractivity contribution is 7.13. The number of rotatable bonds is 10. The Labute approximate surface area is 154 Å². The molecule has 0 unspecified atom stereocenters. The molecule has 0 aliphatic heterocycles. The van der Waals surface area contributed by atoms with Gasteiger partial charge >= 0.3 is 0 Å². The number of carbonyl (C=O) groups excluding carboxylic acids is 1. The summed E-state index contributed by atoms with van der Waals surface area (Å²) in [6, 6.07) is 7.57. The van der Waals surface area contributed by atoms with Crippen LogP contribution in [0.2, 0.25) is 0 Å². The minimum Gasteiger partial charge on any atom is -0.378 e. The number of hydrogen-bond donors (Lipinski definition) is 1. The molecule has 0 atom stereocenters. The predicted octanol–water partition coefficient (Wildman–Crippen LogP) is 3.21. The summed E-state index contributed by atoms with van der Waals surface area (Å²) < 4.78 is 5.59. The minimum absolute atomic E-state index is 0.0810. The molecule has 136 valence electrons. The first kappa shape index (κ1) is 19.6. The van der Waals surface area contributed by atoms with Crippen LogP contribution in [-0.4, -0.2) is 55.2 Å². The summed E-state index contributed by atoms with van der Waals surface area (Å²) in [5, 5.41) is 5.85. The summed E-state index contributed by atoms with van der Waals surface area (Å²) in [4.78, 5) is 19.1. The van der Waals surface area contributed by atoms with E-state index < -0.39 is 0 Å². The van der Waals surface area contributed by atoms with Crippen LogP contribution in [0.4, 0.5) is 0 Å². The van der Waals surface area contributed by atoms with Crippen LogP contribution < -0.4 is 5.32 Å². The van der Waals surface area contributed by atoms with Gasteiger partial charge in [0.2, 0.25) is 0 Å². The van der Waals surface area contributed by atoms with Crippen LogP contribution in [0.5, 0.6) is 0 Å². The molecule has 0 bridgehead atoms. The van der Waals surface area contributed by atoms with Crippen LogP contribution in [0.1, 0.15) is 29.9 Å². The van der Waals surface area contributed by atoms with E-state index in [1.165, 1.54) is 0 Å². The van der Waals surface area contributed by atoms with Gasteiger partial charge in [0.15, 0.2) is 0 Å².